The summed E-state index contributed by atoms with van der Waals surface area (Å²) in [6.07, 6.45) is 0.465. The summed E-state index contributed by atoms with van der Waals surface area (Å²) in [6, 6.07) is 0. The molecule has 1 rings (SSSR count). The van der Waals surface area contributed by atoms with Crippen molar-refractivity contribution in [3.8, 4) is 0 Å². The Hall–Kier alpha value is -0.110. The summed E-state index contributed by atoms with van der Waals surface area (Å²) in [4.78, 5) is 1.45. The van der Waals surface area contributed by atoms with E-state index in [1.165, 1.54) is 4.90 Å². The minimum Gasteiger partial charge on any atom is -0.277 e. The van der Waals surface area contributed by atoms with Gasteiger partial charge in [-0.25, -0.2) is 4.39 Å². The van der Waals surface area contributed by atoms with Crippen LogP contribution in [-0.2, 0) is 0 Å². The van der Waals surface area contributed by atoms with Crippen LogP contribution in [0.25, 0.3) is 0 Å². The molecule has 1 aliphatic heterocycles. The average Bonchev–Trinajstić information content (AvgIpc) is 1.77. The lowest BCUT2D eigenvalue weighted by Crippen LogP contribution is -2.32. The van der Waals surface area contributed by atoms with Gasteiger partial charge in [0.2, 0.25) is 0 Å². The second-order valence-corrected chi connectivity index (χ2v) is 2.25. The molecular weight excluding hydrogens is 105 g/mol. The first-order valence-corrected chi connectivity index (χ1v) is 3.03. The van der Waals surface area contributed by atoms with E-state index in [0.717, 1.165) is 19.4 Å². The van der Waals surface area contributed by atoms with Crippen molar-refractivity contribution >= 4 is 0 Å². The fourth-order valence-corrected chi connectivity index (χ4v) is 0.932. The van der Waals surface area contributed by atoms with Crippen LogP contribution in [0.5, 0.6) is 0 Å². The molecule has 0 saturated carbocycles. The number of nitrogens with zero attached hydrogens (tertiary/aromatic N) is 1. The molecule has 0 aromatic rings. The van der Waals surface area contributed by atoms with Crippen LogP contribution in [0.15, 0.2) is 0 Å². The van der Waals surface area contributed by atoms with Crippen molar-refractivity contribution in [2.24, 2.45) is 0 Å². The van der Waals surface area contributed by atoms with E-state index in [4.69, 9.17) is 1.37 Å². The van der Waals surface area contributed by atoms with E-state index < -0.39 is 6.27 Å². The molecule has 0 aromatic heterocycles. The highest BCUT2D eigenvalue weighted by molar-refractivity contribution is 4.63. The lowest BCUT2D eigenvalue weighted by atomic mass is 10.1. The Bertz CT molecular complexity index is 105. The van der Waals surface area contributed by atoms with Crippen LogP contribution in [0.1, 0.15) is 20.6 Å². The highest BCUT2D eigenvalue weighted by Crippen LogP contribution is 2.14. The third-order valence-corrected chi connectivity index (χ3v) is 1.54. The van der Waals surface area contributed by atoms with Crippen LogP contribution in [0.4, 0.5) is 4.39 Å². The topological polar surface area (TPSA) is 3.24 Å². The lowest BCUT2D eigenvalue weighted by molar-refractivity contribution is 0.0713. The number of halogens is 1. The molecule has 0 amide bonds. The second-order valence-electron chi connectivity index (χ2n) is 2.25. The predicted octanol–water partition coefficient (Wildman–Crippen LogP) is 1.40. The first kappa shape index (κ1) is 4.74. The van der Waals surface area contributed by atoms with Gasteiger partial charge in [-0.2, -0.15) is 0 Å². The van der Waals surface area contributed by atoms with Crippen molar-refractivity contribution in [3.63, 3.8) is 0 Å². The highest BCUT2D eigenvalue weighted by atomic mass is 19.1. The zero-order valence-corrected chi connectivity index (χ0v) is 5.15. The Kier molecular flexibility index (Phi) is 1.45. The maximum Gasteiger partial charge on any atom is 0.153 e. The molecule has 0 radical (unpaired) electrons. The molecule has 48 valence electrons. The summed E-state index contributed by atoms with van der Waals surface area (Å²) in [5.74, 6) is 0. The molecule has 1 unspecified atom stereocenters. The van der Waals surface area contributed by atoms with Crippen molar-refractivity contribution < 1.29 is 5.76 Å². The number of piperidine rings is 1. The number of hydrogen-bond acceptors (Lipinski definition) is 1. The monoisotopic (exact) mass is 118 g/mol. The van der Waals surface area contributed by atoms with Gasteiger partial charge >= 0.3 is 0 Å². The molecular formula is C6H12FN. The van der Waals surface area contributed by atoms with Gasteiger partial charge in [-0.3, -0.25) is 4.90 Å². The number of likely N-dealkylation sites (tertiary alicyclic amines) is 1. The van der Waals surface area contributed by atoms with Gasteiger partial charge < -0.3 is 0 Å². The second kappa shape index (κ2) is 2.44. The first-order chi connectivity index (χ1) is 4.13. The van der Waals surface area contributed by atoms with E-state index in [0.29, 0.717) is 6.42 Å². The van der Waals surface area contributed by atoms with Crippen LogP contribution < -0.4 is 0 Å². The van der Waals surface area contributed by atoms with E-state index in [1.54, 1.807) is 7.05 Å². The summed E-state index contributed by atoms with van der Waals surface area (Å²) < 4.78 is 19.9. The maximum atomic E-state index is 12.9. The Morgan fingerprint density at radius 3 is 2.88 bits per heavy atom. The highest BCUT2D eigenvalue weighted by Gasteiger charge is 2.16. The van der Waals surface area contributed by atoms with Gasteiger partial charge in [-0.15, -0.1) is 0 Å². The first-order valence-electron chi connectivity index (χ1n) is 3.53. The van der Waals surface area contributed by atoms with Crippen molar-refractivity contribution in [1.29, 1.82) is 0 Å². The minimum atomic E-state index is -1.78. The van der Waals surface area contributed by atoms with Gasteiger partial charge in [-0.05, 0) is 26.3 Å². The van der Waals surface area contributed by atoms with Crippen molar-refractivity contribution in [2.75, 3.05) is 13.6 Å². The normalized spacial score (nSPS) is 44.0. The summed E-state index contributed by atoms with van der Waals surface area (Å²) in [7, 11) is 1.66. The standard InChI is InChI=1S/C6H12FN/c1-8-5-3-2-4-6(8)7/h6H,2-5H2,1H3/i6D. The predicted molar refractivity (Wildman–Crippen MR) is 31.4 cm³/mol. The molecule has 1 nitrogen and oxygen atoms in total. The fourth-order valence-electron chi connectivity index (χ4n) is 0.932. The third-order valence-electron chi connectivity index (χ3n) is 1.54. The van der Waals surface area contributed by atoms with Gasteiger partial charge in [0.15, 0.2) is 6.27 Å². The average molecular weight is 118 g/mol. The molecule has 1 heterocycles. The molecule has 8 heavy (non-hydrogen) atoms. The van der Waals surface area contributed by atoms with E-state index in [1.807, 2.05) is 0 Å². The lowest BCUT2D eigenvalue weighted by Gasteiger charge is -2.25. The molecule has 0 aliphatic carbocycles. The summed E-state index contributed by atoms with van der Waals surface area (Å²) >= 11 is 0. The Balaban J connectivity index is 2.49. The Morgan fingerprint density at radius 1 is 1.75 bits per heavy atom. The van der Waals surface area contributed by atoms with Crippen LogP contribution in [0, 0.1) is 0 Å². The summed E-state index contributed by atoms with van der Waals surface area (Å²) in [6.45, 7) is 0.722. The third kappa shape index (κ3) is 1.19. The molecule has 1 fully saturated rings. The SMILES string of the molecule is [2H]C1(F)CCCCN1C. The van der Waals surface area contributed by atoms with Gasteiger partial charge in [0.1, 0.15) is 0 Å². The van der Waals surface area contributed by atoms with Gasteiger partial charge in [0.05, 0.1) is 1.37 Å². The zero-order chi connectivity index (χ0) is 6.91. The molecule has 1 saturated heterocycles. The van der Waals surface area contributed by atoms with Crippen LogP contribution in [-0.4, -0.2) is 24.8 Å². The van der Waals surface area contributed by atoms with Crippen molar-refractivity contribution in [2.45, 2.75) is 25.5 Å². The molecule has 1 atom stereocenters. The van der Waals surface area contributed by atoms with Crippen molar-refractivity contribution in [3.05, 3.63) is 0 Å². The van der Waals surface area contributed by atoms with E-state index >= 15 is 0 Å². The fraction of sp³-hybridized carbons (Fsp3) is 1.00. The smallest absolute Gasteiger partial charge is 0.153 e. The molecule has 0 spiro atoms. The summed E-state index contributed by atoms with van der Waals surface area (Å²) in [5.41, 5.74) is 0. The quantitative estimate of drug-likeness (QED) is 0.434. The minimum absolute atomic E-state index is 0.365. The maximum absolute atomic E-state index is 12.9. The van der Waals surface area contributed by atoms with Gasteiger partial charge in [-0.1, -0.05) is 0 Å². The number of hydrogen-bond donors (Lipinski definition) is 0. The molecule has 1 aliphatic rings. The van der Waals surface area contributed by atoms with Crippen molar-refractivity contribution in [1.82, 2.24) is 4.90 Å². The van der Waals surface area contributed by atoms with Crippen LogP contribution in [0.2, 0.25) is 0 Å². The van der Waals surface area contributed by atoms with Crippen LogP contribution in [0.3, 0.4) is 0 Å². The number of rotatable bonds is 0. The van der Waals surface area contributed by atoms with Crippen LogP contribution >= 0.6 is 0 Å². The number of alkyl halides is 1. The molecule has 2 heteroatoms. The van der Waals surface area contributed by atoms with E-state index in [-0.39, 0.29) is 0 Å². The molecule has 0 bridgehead atoms. The van der Waals surface area contributed by atoms with Gasteiger partial charge in [0, 0.05) is 6.54 Å². The van der Waals surface area contributed by atoms with Gasteiger partial charge in [0.25, 0.3) is 0 Å². The Morgan fingerprint density at radius 2 is 2.50 bits per heavy atom. The largest absolute Gasteiger partial charge is 0.277 e. The zero-order valence-electron chi connectivity index (χ0n) is 6.15. The Labute approximate surface area is 50.9 Å². The van der Waals surface area contributed by atoms with E-state index in [2.05, 4.69) is 0 Å². The summed E-state index contributed by atoms with van der Waals surface area (Å²) in [5, 5.41) is 0. The van der Waals surface area contributed by atoms with E-state index in [9.17, 15) is 4.39 Å². The molecule has 0 aromatic carbocycles. The molecule has 0 N–H and O–H groups in total.